The van der Waals surface area contributed by atoms with E-state index in [0.29, 0.717) is 0 Å². The maximum absolute atomic E-state index is 5.45. The Morgan fingerprint density at radius 2 is 0.733 bits per heavy atom. The van der Waals surface area contributed by atoms with Crippen LogP contribution >= 0.6 is 47.0 Å². The van der Waals surface area contributed by atoms with Gasteiger partial charge >= 0.3 is 0 Å². The molecule has 170 valence electrons. The minimum absolute atomic E-state index is 0.0947. The van der Waals surface area contributed by atoms with Gasteiger partial charge in [-0.15, -0.1) is 47.0 Å². The minimum Gasteiger partial charge on any atom is -0.385 e. The lowest BCUT2D eigenvalue weighted by atomic mass is 10.1. The highest BCUT2D eigenvalue weighted by molar-refractivity contribution is 8.21. The highest BCUT2D eigenvalue weighted by Crippen LogP contribution is 2.68. The fourth-order valence-electron chi connectivity index (χ4n) is 3.85. The molecule has 0 N–H and O–H groups in total. The van der Waals surface area contributed by atoms with Crippen LogP contribution in [-0.4, -0.2) is 63.0 Å². The fraction of sp³-hybridized carbons (Fsp3) is 0.727. The second kappa shape index (κ2) is 11.1. The largest absolute Gasteiger partial charge is 0.385 e. The molecule has 8 heteroatoms. The summed E-state index contributed by atoms with van der Waals surface area (Å²) in [7, 11) is 7.16. The lowest BCUT2D eigenvalue weighted by Gasteiger charge is -2.27. The van der Waals surface area contributed by atoms with E-state index in [4.69, 9.17) is 18.9 Å². The zero-order chi connectivity index (χ0) is 21.8. The Labute approximate surface area is 198 Å². The Balaban J connectivity index is 1.92. The molecule has 0 atom stereocenters. The maximum atomic E-state index is 5.45. The molecule has 0 spiro atoms. The Morgan fingerprint density at radius 3 is 0.933 bits per heavy atom. The molecule has 0 saturated heterocycles. The maximum Gasteiger partial charge on any atom is 0.0749 e. The van der Waals surface area contributed by atoms with Gasteiger partial charge in [0.25, 0.3) is 0 Å². The van der Waals surface area contributed by atoms with E-state index in [1.165, 1.54) is 30.7 Å². The molecule has 0 fully saturated rings. The lowest BCUT2D eigenvalue weighted by molar-refractivity contribution is 0.171. The number of thioether (sulfide) groups is 4. The summed E-state index contributed by atoms with van der Waals surface area (Å²) >= 11 is 8.15. The number of ether oxygens (including phenoxy) is 4. The fourth-order valence-corrected chi connectivity index (χ4v) is 10.8. The number of hydrogen-bond acceptors (Lipinski definition) is 8. The van der Waals surface area contributed by atoms with Crippen molar-refractivity contribution in [3.63, 3.8) is 0 Å². The summed E-state index contributed by atoms with van der Waals surface area (Å²) in [6.45, 7) is 7.71. The van der Waals surface area contributed by atoms with Crippen LogP contribution in [0.2, 0.25) is 0 Å². The van der Waals surface area contributed by atoms with Crippen LogP contribution in [0.25, 0.3) is 0 Å². The van der Waals surface area contributed by atoms with Crippen LogP contribution in [0.5, 0.6) is 0 Å². The molecule has 2 heterocycles. The van der Waals surface area contributed by atoms with Crippen molar-refractivity contribution in [2.24, 2.45) is 0 Å². The van der Waals surface area contributed by atoms with Crippen LogP contribution in [0.4, 0.5) is 0 Å². The Kier molecular flexibility index (Phi) is 9.25. The van der Waals surface area contributed by atoms with Gasteiger partial charge in [0, 0.05) is 74.4 Å². The first-order chi connectivity index (χ1) is 14.4. The molecule has 0 saturated carbocycles. The van der Waals surface area contributed by atoms with E-state index in [1.54, 1.807) is 28.4 Å². The normalized spacial score (nSPS) is 18.6. The summed E-state index contributed by atoms with van der Waals surface area (Å²) in [5.74, 6) is 0. The first-order valence-corrected chi connectivity index (χ1v) is 13.6. The summed E-state index contributed by atoms with van der Waals surface area (Å²) in [4.78, 5) is 5.85. The van der Waals surface area contributed by atoms with Gasteiger partial charge in [0.2, 0.25) is 0 Å². The third kappa shape index (κ3) is 5.16. The highest BCUT2D eigenvalue weighted by atomic mass is 32.2. The smallest absolute Gasteiger partial charge is 0.0749 e. The van der Waals surface area contributed by atoms with E-state index < -0.39 is 0 Å². The van der Waals surface area contributed by atoms with E-state index in [-0.39, 0.29) is 8.16 Å². The van der Waals surface area contributed by atoms with Crippen molar-refractivity contribution in [2.45, 2.75) is 67.3 Å². The summed E-state index contributed by atoms with van der Waals surface area (Å²) in [6.07, 6.45) is 4.08. The average Bonchev–Trinajstić information content (AvgIpc) is 3.33. The van der Waals surface area contributed by atoms with Crippen molar-refractivity contribution < 1.29 is 18.9 Å². The Bertz CT molecular complexity index is 622. The van der Waals surface area contributed by atoms with Gasteiger partial charge in [-0.3, -0.25) is 0 Å². The molecule has 0 aromatic heterocycles. The van der Waals surface area contributed by atoms with Crippen LogP contribution in [0.3, 0.4) is 0 Å². The molecular formula is C22H34O4S4. The number of hydrogen-bond donors (Lipinski definition) is 0. The standard InChI is InChI=1S/C22H34O4S4/c1-15-17-19(29-21(27-17,7-11-23-3)8-12-24-4)16(2)20-18(15)28-22(30-20,9-13-25-5)10-14-26-6/h7-14H2,1-6H3. The predicted molar refractivity (Wildman–Crippen MR) is 131 cm³/mol. The van der Waals surface area contributed by atoms with E-state index in [1.807, 2.05) is 47.0 Å². The molecule has 3 rings (SSSR count). The topological polar surface area (TPSA) is 36.9 Å². The molecular weight excluding hydrogens is 457 g/mol. The molecule has 0 bridgehead atoms. The molecule has 2 aliphatic heterocycles. The molecule has 0 amide bonds. The number of fused-ring (bicyclic) bond motifs is 2. The molecule has 4 nitrogen and oxygen atoms in total. The summed E-state index contributed by atoms with van der Waals surface area (Å²) in [5.41, 5.74) is 2.88. The zero-order valence-corrected chi connectivity index (χ0v) is 22.2. The van der Waals surface area contributed by atoms with Crippen molar-refractivity contribution in [3.05, 3.63) is 11.1 Å². The SMILES string of the molecule is COCCC1(CCOC)Sc2c(C)c3c(c(C)c2S1)SC(CCOC)(CCOC)S3. The third-order valence-electron chi connectivity index (χ3n) is 5.68. The number of methoxy groups -OCH3 is 4. The second-order valence-electron chi connectivity index (χ2n) is 7.77. The zero-order valence-electron chi connectivity index (χ0n) is 18.9. The summed E-state index contributed by atoms with van der Waals surface area (Å²) < 4.78 is 22.0. The van der Waals surface area contributed by atoms with Crippen molar-refractivity contribution in [1.29, 1.82) is 0 Å². The second-order valence-corrected chi connectivity index (χ2v) is 13.9. The molecule has 0 radical (unpaired) electrons. The van der Waals surface area contributed by atoms with Crippen molar-refractivity contribution >= 4 is 47.0 Å². The van der Waals surface area contributed by atoms with E-state index in [0.717, 1.165) is 52.1 Å². The highest BCUT2D eigenvalue weighted by Gasteiger charge is 2.46. The summed E-state index contributed by atoms with van der Waals surface area (Å²) in [5, 5.41) is 0. The molecule has 0 unspecified atom stereocenters. The minimum atomic E-state index is 0.0947. The monoisotopic (exact) mass is 490 g/mol. The van der Waals surface area contributed by atoms with Gasteiger partial charge in [-0.05, 0) is 50.7 Å². The predicted octanol–water partition coefficient (Wildman–Crippen LogP) is 6.24. The quantitative estimate of drug-likeness (QED) is 0.341. The van der Waals surface area contributed by atoms with Gasteiger partial charge in [-0.2, -0.15) is 0 Å². The first-order valence-electron chi connectivity index (χ1n) is 10.3. The van der Waals surface area contributed by atoms with Gasteiger partial charge in [0.1, 0.15) is 0 Å². The molecule has 1 aromatic rings. The van der Waals surface area contributed by atoms with Gasteiger partial charge in [-0.1, -0.05) is 0 Å². The summed E-state index contributed by atoms with van der Waals surface area (Å²) in [6, 6.07) is 0. The molecule has 2 aliphatic rings. The first kappa shape index (κ1) is 25.1. The van der Waals surface area contributed by atoms with Crippen molar-refractivity contribution in [1.82, 2.24) is 0 Å². The number of rotatable bonds is 12. The Hall–Kier alpha value is 0.460. The van der Waals surface area contributed by atoms with E-state index >= 15 is 0 Å². The van der Waals surface area contributed by atoms with Crippen LogP contribution in [-0.2, 0) is 18.9 Å². The van der Waals surface area contributed by atoms with Crippen LogP contribution in [0.15, 0.2) is 19.6 Å². The van der Waals surface area contributed by atoms with Crippen LogP contribution in [0.1, 0.15) is 36.8 Å². The molecule has 1 aromatic carbocycles. The lowest BCUT2D eigenvalue weighted by Crippen LogP contribution is -2.22. The van der Waals surface area contributed by atoms with Crippen LogP contribution < -0.4 is 0 Å². The van der Waals surface area contributed by atoms with Crippen molar-refractivity contribution in [2.75, 3.05) is 54.9 Å². The van der Waals surface area contributed by atoms with Crippen molar-refractivity contribution in [3.8, 4) is 0 Å². The Morgan fingerprint density at radius 1 is 0.500 bits per heavy atom. The van der Waals surface area contributed by atoms with Crippen LogP contribution in [0, 0.1) is 13.8 Å². The van der Waals surface area contributed by atoms with Gasteiger partial charge in [0.15, 0.2) is 0 Å². The third-order valence-corrected chi connectivity index (χ3v) is 12.9. The van der Waals surface area contributed by atoms with Gasteiger partial charge in [0.05, 0.1) is 8.16 Å². The van der Waals surface area contributed by atoms with E-state index in [9.17, 15) is 0 Å². The van der Waals surface area contributed by atoms with Gasteiger partial charge < -0.3 is 18.9 Å². The average molecular weight is 491 g/mol. The molecule has 30 heavy (non-hydrogen) atoms. The number of benzene rings is 1. The van der Waals surface area contributed by atoms with E-state index in [2.05, 4.69) is 13.8 Å². The van der Waals surface area contributed by atoms with Gasteiger partial charge in [-0.25, -0.2) is 0 Å². The molecule has 0 aliphatic carbocycles.